The van der Waals surface area contributed by atoms with E-state index in [4.69, 9.17) is 5.10 Å². The first-order valence-corrected chi connectivity index (χ1v) is 9.16. The minimum atomic E-state index is -0.00706. The van der Waals surface area contributed by atoms with Crippen molar-refractivity contribution >= 4 is 23.5 Å². The number of carbonyl (C=O) groups excluding carboxylic acids is 1. The minimum absolute atomic E-state index is 0.00706. The highest BCUT2D eigenvalue weighted by Crippen LogP contribution is 2.44. The summed E-state index contributed by atoms with van der Waals surface area (Å²) in [5.41, 5.74) is 5.01. The second-order valence-electron chi connectivity index (χ2n) is 6.18. The molecule has 0 saturated carbocycles. The number of thioether (sulfide) groups is 1. The van der Waals surface area contributed by atoms with Crippen molar-refractivity contribution in [3.63, 3.8) is 0 Å². The molecule has 1 aromatic carbocycles. The van der Waals surface area contributed by atoms with Gasteiger partial charge in [-0.2, -0.15) is 10.2 Å². The largest absolute Gasteiger partial charge is 0.310 e. The van der Waals surface area contributed by atoms with Gasteiger partial charge in [-0.1, -0.05) is 18.2 Å². The quantitative estimate of drug-likeness (QED) is 0.769. The van der Waals surface area contributed by atoms with Crippen molar-refractivity contribution in [2.24, 2.45) is 7.05 Å². The molecule has 3 heterocycles. The smallest absolute Gasteiger partial charge is 0.235 e. The number of para-hydroxylation sites is 1. The molecule has 6 nitrogen and oxygen atoms in total. The number of aryl methyl sites for hydroxylation is 3. The zero-order valence-corrected chi connectivity index (χ0v) is 15.2. The number of anilines is 1. The summed E-state index contributed by atoms with van der Waals surface area (Å²) < 4.78 is 3.65. The van der Waals surface area contributed by atoms with Gasteiger partial charge in [0, 0.05) is 24.4 Å². The van der Waals surface area contributed by atoms with Crippen molar-refractivity contribution in [1.82, 2.24) is 19.6 Å². The van der Waals surface area contributed by atoms with Crippen LogP contribution in [0, 0.1) is 13.8 Å². The summed E-state index contributed by atoms with van der Waals surface area (Å²) in [7, 11) is 1.92. The Labute approximate surface area is 150 Å². The van der Waals surface area contributed by atoms with Crippen molar-refractivity contribution in [2.45, 2.75) is 19.1 Å². The highest BCUT2D eigenvalue weighted by atomic mass is 32.2. The number of benzene rings is 1. The molecule has 1 aliphatic rings. The third-order valence-corrected chi connectivity index (χ3v) is 5.59. The van der Waals surface area contributed by atoms with Gasteiger partial charge in [0.1, 0.15) is 5.82 Å². The third kappa shape index (κ3) is 2.74. The van der Waals surface area contributed by atoms with Crippen LogP contribution in [0.3, 0.4) is 0 Å². The van der Waals surface area contributed by atoms with Crippen molar-refractivity contribution < 1.29 is 4.79 Å². The van der Waals surface area contributed by atoms with E-state index >= 15 is 0 Å². The lowest BCUT2D eigenvalue weighted by molar-refractivity contribution is -0.113. The van der Waals surface area contributed by atoms with Crippen LogP contribution in [-0.2, 0) is 11.8 Å². The van der Waals surface area contributed by atoms with Gasteiger partial charge in [-0.25, -0.2) is 4.68 Å². The topological polar surface area (TPSA) is 64.7 Å². The second kappa shape index (κ2) is 6.07. The van der Waals surface area contributed by atoms with E-state index in [0.717, 1.165) is 34.0 Å². The Kier molecular flexibility index (Phi) is 3.88. The summed E-state index contributed by atoms with van der Waals surface area (Å²) in [5.74, 6) is 1.15. The van der Waals surface area contributed by atoms with Crippen molar-refractivity contribution in [3.8, 4) is 5.69 Å². The van der Waals surface area contributed by atoms with Gasteiger partial charge in [-0.15, -0.1) is 11.8 Å². The van der Waals surface area contributed by atoms with Gasteiger partial charge in [0.05, 0.1) is 28.1 Å². The van der Waals surface area contributed by atoms with Crippen LogP contribution < -0.4 is 5.32 Å². The Morgan fingerprint density at radius 3 is 2.60 bits per heavy atom. The molecule has 1 aliphatic heterocycles. The van der Waals surface area contributed by atoms with Crippen LogP contribution in [0.15, 0.2) is 36.5 Å². The van der Waals surface area contributed by atoms with E-state index < -0.39 is 0 Å². The average molecular weight is 353 g/mol. The van der Waals surface area contributed by atoms with E-state index in [1.807, 2.05) is 66.8 Å². The van der Waals surface area contributed by atoms with Crippen molar-refractivity contribution in [3.05, 3.63) is 59.0 Å². The zero-order chi connectivity index (χ0) is 17.6. The number of hydrogen-bond donors (Lipinski definition) is 1. The molecule has 0 spiro atoms. The first-order valence-electron chi connectivity index (χ1n) is 8.11. The average Bonchev–Trinajstić information content (AvgIpc) is 3.02. The van der Waals surface area contributed by atoms with Crippen molar-refractivity contribution in [2.75, 3.05) is 11.1 Å². The van der Waals surface area contributed by atoms with Gasteiger partial charge in [0.25, 0.3) is 0 Å². The van der Waals surface area contributed by atoms with Crippen LogP contribution in [0.25, 0.3) is 5.69 Å². The predicted molar refractivity (Wildman–Crippen MR) is 99.2 cm³/mol. The number of aromatic nitrogens is 4. The normalized spacial score (nSPS) is 17.1. The van der Waals surface area contributed by atoms with E-state index in [1.165, 1.54) is 0 Å². The molecular formula is C18H19N5OS. The Hall–Kier alpha value is -2.54. The summed E-state index contributed by atoms with van der Waals surface area (Å²) in [4.78, 5) is 12.3. The summed E-state index contributed by atoms with van der Waals surface area (Å²) in [6.07, 6.45) is 2.03. The van der Waals surface area contributed by atoms with Crippen LogP contribution in [0.4, 0.5) is 5.82 Å². The van der Waals surface area contributed by atoms with Crippen LogP contribution >= 0.6 is 11.8 Å². The lowest BCUT2D eigenvalue weighted by atomic mass is 10.1. The Bertz CT molecular complexity index is 944. The van der Waals surface area contributed by atoms with Gasteiger partial charge >= 0.3 is 0 Å². The fraction of sp³-hybridized carbons (Fsp3) is 0.278. The summed E-state index contributed by atoms with van der Waals surface area (Å²) in [6, 6.07) is 9.88. The molecule has 1 atom stereocenters. The number of hydrogen-bond acceptors (Lipinski definition) is 4. The minimum Gasteiger partial charge on any atom is -0.310 e. The maximum Gasteiger partial charge on any atom is 0.235 e. The number of fused-ring (bicyclic) bond motifs is 1. The fourth-order valence-corrected chi connectivity index (χ4v) is 4.51. The molecule has 25 heavy (non-hydrogen) atoms. The molecule has 1 amide bonds. The number of nitrogens with one attached hydrogen (secondary N) is 1. The number of amides is 1. The summed E-state index contributed by atoms with van der Waals surface area (Å²) in [6.45, 7) is 4.00. The lowest BCUT2D eigenvalue weighted by Crippen LogP contribution is -2.15. The maximum atomic E-state index is 12.3. The summed E-state index contributed by atoms with van der Waals surface area (Å²) in [5, 5.41) is 12.3. The highest BCUT2D eigenvalue weighted by molar-refractivity contribution is 8.00. The van der Waals surface area contributed by atoms with Gasteiger partial charge in [0.15, 0.2) is 0 Å². The molecule has 0 saturated heterocycles. The van der Waals surface area contributed by atoms with Gasteiger partial charge in [-0.05, 0) is 26.0 Å². The SMILES string of the molecule is Cc1nn(C)cc1[C@@H]1SCC(=O)Nc2c1c(C)nn2-c1ccccc1. The lowest BCUT2D eigenvalue weighted by Gasteiger charge is -2.14. The van der Waals surface area contributed by atoms with Crippen LogP contribution in [-0.4, -0.2) is 31.2 Å². The van der Waals surface area contributed by atoms with Crippen molar-refractivity contribution in [1.29, 1.82) is 0 Å². The van der Waals surface area contributed by atoms with E-state index in [-0.39, 0.29) is 11.2 Å². The second-order valence-corrected chi connectivity index (χ2v) is 7.27. The molecule has 1 N–H and O–H groups in total. The molecule has 0 radical (unpaired) electrons. The van der Waals surface area contributed by atoms with E-state index in [2.05, 4.69) is 10.4 Å². The number of rotatable bonds is 2. The van der Waals surface area contributed by atoms with Crippen LogP contribution in [0.5, 0.6) is 0 Å². The van der Waals surface area contributed by atoms with Crippen LogP contribution in [0.1, 0.15) is 27.8 Å². The van der Waals surface area contributed by atoms with Gasteiger partial charge < -0.3 is 5.32 Å². The molecule has 0 bridgehead atoms. The third-order valence-electron chi connectivity index (χ3n) is 4.34. The molecule has 0 unspecified atom stereocenters. The molecular weight excluding hydrogens is 334 g/mol. The van der Waals surface area contributed by atoms with E-state index in [9.17, 15) is 4.79 Å². The zero-order valence-electron chi connectivity index (χ0n) is 14.4. The van der Waals surface area contributed by atoms with E-state index in [1.54, 1.807) is 11.8 Å². The Balaban J connectivity index is 1.92. The Morgan fingerprint density at radius 1 is 1.16 bits per heavy atom. The number of nitrogens with zero attached hydrogens (tertiary/aromatic N) is 4. The molecule has 4 rings (SSSR count). The summed E-state index contributed by atoms with van der Waals surface area (Å²) >= 11 is 1.62. The maximum absolute atomic E-state index is 12.3. The predicted octanol–water partition coefficient (Wildman–Crippen LogP) is 3.00. The van der Waals surface area contributed by atoms with Gasteiger partial charge in [0.2, 0.25) is 5.91 Å². The molecule has 3 aromatic rings. The molecule has 2 aromatic heterocycles. The monoisotopic (exact) mass is 353 g/mol. The molecule has 0 aliphatic carbocycles. The van der Waals surface area contributed by atoms with E-state index in [0.29, 0.717) is 5.75 Å². The van der Waals surface area contributed by atoms with Crippen LogP contribution in [0.2, 0.25) is 0 Å². The first kappa shape index (κ1) is 16.0. The standard InChI is InChI=1S/C18H19N5OS/c1-11-14(9-22(3)20-11)17-16-12(2)21-23(13-7-5-4-6-8-13)18(16)19-15(24)10-25-17/h4-9,17H,10H2,1-3H3,(H,19,24)/t17-/m0/s1. The Morgan fingerprint density at radius 2 is 1.92 bits per heavy atom. The molecule has 7 heteroatoms. The fourth-order valence-electron chi connectivity index (χ4n) is 3.26. The van der Waals surface area contributed by atoms with Gasteiger partial charge in [-0.3, -0.25) is 9.48 Å². The highest BCUT2D eigenvalue weighted by Gasteiger charge is 2.32. The molecule has 128 valence electrons. The number of carbonyl (C=O) groups is 1. The first-order chi connectivity index (χ1) is 12.0. The molecule has 0 fully saturated rings.